The molecule has 4 heteroatoms. The second kappa shape index (κ2) is 6.24. The molecule has 0 aliphatic carbocycles. The van der Waals surface area contributed by atoms with Gasteiger partial charge in [0.2, 0.25) is 0 Å². The minimum atomic E-state index is -0.532. The third-order valence-corrected chi connectivity index (χ3v) is 3.06. The van der Waals surface area contributed by atoms with Gasteiger partial charge < -0.3 is 4.74 Å². The van der Waals surface area contributed by atoms with Gasteiger partial charge in [-0.15, -0.1) is 0 Å². The molecule has 1 aliphatic heterocycles. The molecule has 1 aliphatic rings. The number of benzene rings is 2. The van der Waals surface area contributed by atoms with Crippen LogP contribution in [0.1, 0.15) is 10.4 Å². The maximum atomic E-state index is 12.1. The van der Waals surface area contributed by atoms with Crippen LogP contribution in [0.5, 0.6) is 0 Å². The summed E-state index contributed by atoms with van der Waals surface area (Å²) in [5.74, 6) is -0.532. The maximum absolute atomic E-state index is 12.1. The number of epoxide rings is 1. The van der Waals surface area contributed by atoms with Crippen molar-refractivity contribution < 1.29 is 19.3 Å². The summed E-state index contributed by atoms with van der Waals surface area (Å²) in [6, 6.07) is 16.9. The van der Waals surface area contributed by atoms with Crippen molar-refractivity contribution in [3.05, 3.63) is 72.5 Å². The van der Waals surface area contributed by atoms with Crippen molar-refractivity contribution in [2.75, 3.05) is 6.61 Å². The largest absolute Gasteiger partial charge is 0.386 e. The lowest BCUT2D eigenvalue weighted by Crippen LogP contribution is -2.05. The molecular weight excluding hydrogens is 268 g/mol. The summed E-state index contributed by atoms with van der Waals surface area (Å²) in [5.41, 5.74) is 2.22. The first-order valence-corrected chi connectivity index (χ1v) is 6.65. The van der Waals surface area contributed by atoms with Crippen LogP contribution in [-0.4, -0.2) is 18.7 Å². The first kappa shape index (κ1) is 13.4. The molecule has 106 valence electrons. The highest BCUT2D eigenvalue weighted by molar-refractivity contribution is 5.96. The molecule has 2 aromatic rings. The third-order valence-electron chi connectivity index (χ3n) is 3.06. The molecule has 4 nitrogen and oxygen atoms in total. The van der Waals surface area contributed by atoms with E-state index in [1.54, 1.807) is 18.2 Å². The fourth-order valence-electron chi connectivity index (χ4n) is 1.93. The van der Waals surface area contributed by atoms with Crippen LogP contribution in [0.25, 0.3) is 11.1 Å². The van der Waals surface area contributed by atoms with Crippen molar-refractivity contribution in [2.24, 2.45) is 0 Å². The van der Waals surface area contributed by atoms with E-state index < -0.39 is 5.97 Å². The summed E-state index contributed by atoms with van der Waals surface area (Å²) in [7, 11) is 0. The van der Waals surface area contributed by atoms with Crippen molar-refractivity contribution >= 4 is 5.97 Å². The second-order valence-corrected chi connectivity index (χ2v) is 4.58. The highest BCUT2D eigenvalue weighted by Gasteiger charge is 2.19. The van der Waals surface area contributed by atoms with Crippen molar-refractivity contribution in [3.8, 4) is 11.1 Å². The fraction of sp³-hybridized carbons (Fsp3) is 0.118. The van der Waals surface area contributed by atoms with Gasteiger partial charge in [-0.25, -0.2) is 9.68 Å². The molecule has 0 saturated carbocycles. The average Bonchev–Trinajstić information content (AvgIpc) is 3.36. The minimum Gasteiger partial charge on any atom is -0.369 e. The van der Waals surface area contributed by atoms with Crippen LogP contribution >= 0.6 is 0 Å². The van der Waals surface area contributed by atoms with Crippen LogP contribution in [0.15, 0.2) is 66.9 Å². The Balaban J connectivity index is 1.73. The first-order chi connectivity index (χ1) is 10.3. The van der Waals surface area contributed by atoms with Crippen molar-refractivity contribution in [1.82, 2.24) is 0 Å². The lowest BCUT2D eigenvalue weighted by molar-refractivity contribution is -0.191. The zero-order valence-corrected chi connectivity index (χ0v) is 11.3. The Morgan fingerprint density at radius 1 is 1.10 bits per heavy atom. The van der Waals surface area contributed by atoms with Gasteiger partial charge in [-0.2, -0.15) is 0 Å². The molecule has 1 saturated heterocycles. The molecule has 1 fully saturated rings. The normalized spacial score (nSPS) is 16.7. The lowest BCUT2D eigenvalue weighted by atomic mass is 10.00. The summed E-state index contributed by atoms with van der Waals surface area (Å²) in [6.45, 7) is 0.685. The van der Waals surface area contributed by atoms with E-state index in [4.69, 9.17) is 14.5 Å². The molecule has 0 spiro atoms. The molecule has 21 heavy (non-hydrogen) atoms. The van der Waals surface area contributed by atoms with E-state index >= 15 is 0 Å². The van der Waals surface area contributed by atoms with Gasteiger partial charge in [0, 0.05) is 0 Å². The summed E-state index contributed by atoms with van der Waals surface area (Å²) < 4.78 is 4.97. The van der Waals surface area contributed by atoms with E-state index in [1.165, 1.54) is 6.26 Å². The van der Waals surface area contributed by atoms with Crippen molar-refractivity contribution in [3.63, 3.8) is 0 Å². The van der Waals surface area contributed by atoms with Gasteiger partial charge in [-0.3, -0.25) is 4.89 Å². The Kier molecular flexibility index (Phi) is 3.98. The zero-order valence-electron chi connectivity index (χ0n) is 11.3. The number of carbonyl (C=O) groups excluding carboxylic acids is 1. The highest BCUT2D eigenvalue weighted by atomic mass is 17.2. The quantitative estimate of drug-likeness (QED) is 0.365. The predicted molar refractivity (Wildman–Crippen MR) is 77.3 cm³/mol. The van der Waals surface area contributed by atoms with E-state index in [2.05, 4.69) is 0 Å². The first-order valence-electron chi connectivity index (χ1n) is 6.65. The van der Waals surface area contributed by atoms with Crippen LogP contribution in [0.2, 0.25) is 0 Å². The predicted octanol–water partition coefficient (Wildman–Crippen LogP) is 3.35. The monoisotopic (exact) mass is 282 g/mol. The van der Waals surface area contributed by atoms with E-state index in [-0.39, 0.29) is 6.10 Å². The molecule has 2 aromatic carbocycles. The van der Waals surface area contributed by atoms with E-state index in [0.29, 0.717) is 12.2 Å². The van der Waals surface area contributed by atoms with Crippen molar-refractivity contribution in [1.29, 1.82) is 0 Å². The Morgan fingerprint density at radius 2 is 1.81 bits per heavy atom. The van der Waals surface area contributed by atoms with Crippen molar-refractivity contribution in [2.45, 2.75) is 6.10 Å². The molecular formula is C17H14O4. The van der Waals surface area contributed by atoms with Gasteiger partial charge in [0.1, 0.15) is 12.4 Å². The number of carbonyl (C=O) groups is 1. The molecule has 1 atom stereocenters. The molecule has 0 bridgehead atoms. The van der Waals surface area contributed by atoms with Gasteiger partial charge in [0.25, 0.3) is 0 Å². The summed E-state index contributed by atoms with van der Waals surface area (Å²) >= 11 is 0. The molecule has 1 heterocycles. The van der Waals surface area contributed by atoms with E-state index in [0.717, 1.165) is 11.1 Å². The van der Waals surface area contributed by atoms with Crippen LogP contribution in [0.4, 0.5) is 0 Å². The fourth-order valence-corrected chi connectivity index (χ4v) is 1.93. The smallest absolute Gasteiger partial charge is 0.369 e. The topological polar surface area (TPSA) is 48.1 Å². The average molecular weight is 282 g/mol. The Labute approximate surface area is 122 Å². The Morgan fingerprint density at radius 3 is 2.57 bits per heavy atom. The molecule has 0 radical (unpaired) electrons. The second-order valence-electron chi connectivity index (χ2n) is 4.58. The molecule has 0 amide bonds. The van der Waals surface area contributed by atoms with E-state index in [1.807, 2.05) is 42.5 Å². The summed E-state index contributed by atoms with van der Waals surface area (Å²) in [6.07, 6.45) is 3.09. The van der Waals surface area contributed by atoms with Crippen LogP contribution in [0, 0.1) is 0 Å². The van der Waals surface area contributed by atoms with Gasteiger partial charge in [-0.05, 0) is 23.3 Å². The van der Waals surface area contributed by atoms with E-state index in [9.17, 15) is 4.79 Å². The molecule has 0 aromatic heterocycles. The number of hydrogen-bond acceptors (Lipinski definition) is 4. The number of rotatable bonds is 5. The van der Waals surface area contributed by atoms with Crippen LogP contribution < -0.4 is 0 Å². The van der Waals surface area contributed by atoms with Gasteiger partial charge >= 0.3 is 5.97 Å². The van der Waals surface area contributed by atoms with Crippen LogP contribution in [-0.2, 0) is 14.5 Å². The maximum Gasteiger partial charge on any atom is 0.386 e. The molecule has 3 rings (SSSR count). The summed E-state index contributed by atoms with van der Waals surface area (Å²) in [4.78, 5) is 21.7. The highest BCUT2D eigenvalue weighted by Crippen LogP contribution is 2.24. The Hall–Kier alpha value is -2.59. The summed E-state index contributed by atoms with van der Waals surface area (Å²) in [5, 5.41) is 0. The van der Waals surface area contributed by atoms with Gasteiger partial charge in [0.15, 0.2) is 0 Å². The number of ether oxygens (including phenoxy) is 1. The third kappa shape index (κ3) is 3.49. The number of hydrogen-bond donors (Lipinski definition) is 0. The molecule has 1 unspecified atom stereocenters. The zero-order chi connectivity index (χ0) is 14.5. The minimum absolute atomic E-state index is 0.0836. The van der Waals surface area contributed by atoms with Gasteiger partial charge in [-0.1, -0.05) is 48.5 Å². The Bertz CT molecular complexity index is 645. The van der Waals surface area contributed by atoms with Crippen LogP contribution in [0.3, 0.4) is 0 Å². The van der Waals surface area contributed by atoms with Gasteiger partial charge in [0.05, 0.1) is 12.2 Å². The standard InChI is InChI=1S/C17H14O4/c18-17(21-20-11-10-14-12-19-14)16-9-5-4-8-15(16)13-6-2-1-3-7-13/h1-11,14H,12H2. The molecule has 0 N–H and O–H groups in total. The lowest BCUT2D eigenvalue weighted by Gasteiger charge is -2.07. The SMILES string of the molecule is O=C(OOC=CC1CO1)c1ccccc1-c1ccccc1.